The molecule has 0 saturated carbocycles. The van der Waals surface area contributed by atoms with Gasteiger partial charge in [0.2, 0.25) is 5.95 Å². The molecule has 1 fully saturated rings. The second-order valence-electron chi connectivity index (χ2n) is 4.73. The summed E-state index contributed by atoms with van der Waals surface area (Å²) in [5.41, 5.74) is 1.19. The van der Waals surface area contributed by atoms with Crippen molar-refractivity contribution in [1.82, 2.24) is 9.97 Å². The minimum absolute atomic E-state index is 0.373. The Morgan fingerprint density at radius 2 is 2.11 bits per heavy atom. The summed E-state index contributed by atoms with van der Waals surface area (Å²) < 4.78 is 31.6. The summed E-state index contributed by atoms with van der Waals surface area (Å²) in [4.78, 5) is 9.48. The van der Waals surface area contributed by atoms with Crippen molar-refractivity contribution < 1.29 is 13.5 Å². The molecule has 0 atom stereocenters. The monoisotopic (exact) mass is 267 g/mol. The van der Waals surface area contributed by atoms with Crippen molar-refractivity contribution >= 4 is 17.0 Å². The summed E-state index contributed by atoms with van der Waals surface area (Å²) in [5, 5.41) is 0. The molecule has 0 unspecified atom stereocenters. The third-order valence-corrected chi connectivity index (χ3v) is 3.45. The van der Waals surface area contributed by atoms with Gasteiger partial charge in [-0.3, -0.25) is 0 Å². The molecule has 0 amide bonds. The van der Waals surface area contributed by atoms with E-state index >= 15 is 0 Å². The Morgan fingerprint density at radius 1 is 1.37 bits per heavy atom. The summed E-state index contributed by atoms with van der Waals surface area (Å²) in [5.74, 6) is 0.672. The van der Waals surface area contributed by atoms with Crippen molar-refractivity contribution in [2.75, 3.05) is 25.1 Å². The molecular weight excluding hydrogens is 252 g/mol. The Balaban J connectivity index is 1.97. The normalized spacial score (nSPS) is 17.1. The lowest BCUT2D eigenvalue weighted by Gasteiger charge is -2.28. The van der Waals surface area contributed by atoms with E-state index < -0.39 is 6.17 Å². The number of imidazole rings is 1. The fourth-order valence-electron chi connectivity index (χ4n) is 2.40. The van der Waals surface area contributed by atoms with Gasteiger partial charge >= 0.3 is 0 Å². The zero-order valence-electron chi connectivity index (χ0n) is 10.6. The van der Waals surface area contributed by atoms with Gasteiger partial charge in [-0.05, 0) is 18.9 Å². The summed E-state index contributed by atoms with van der Waals surface area (Å²) in [6.07, 6.45) is 0.276. The van der Waals surface area contributed by atoms with Gasteiger partial charge < -0.3 is 14.6 Å². The van der Waals surface area contributed by atoms with Crippen molar-refractivity contribution in [3.63, 3.8) is 0 Å². The van der Waals surface area contributed by atoms with Crippen molar-refractivity contribution in [2.24, 2.45) is 0 Å². The van der Waals surface area contributed by atoms with E-state index in [0.29, 0.717) is 48.7 Å². The van der Waals surface area contributed by atoms with Crippen molar-refractivity contribution in [3.8, 4) is 5.75 Å². The summed E-state index contributed by atoms with van der Waals surface area (Å²) >= 11 is 0. The van der Waals surface area contributed by atoms with E-state index in [4.69, 9.17) is 4.74 Å². The van der Waals surface area contributed by atoms with E-state index in [1.54, 1.807) is 0 Å². The first kappa shape index (κ1) is 12.2. The molecule has 0 bridgehead atoms. The Morgan fingerprint density at radius 3 is 2.79 bits per heavy atom. The number of fused-ring (bicyclic) bond motifs is 1. The second-order valence-corrected chi connectivity index (χ2v) is 4.73. The number of anilines is 1. The number of benzene rings is 1. The zero-order chi connectivity index (χ0) is 13.4. The van der Waals surface area contributed by atoms with Crippen LogP contribution in [0.2, 0.25) is 0 Å². The number of aromatic nitrogens is 2. The van der Waals surface area contributed by atoms with Crippen LogP contribution in [0.15, 0.2) is 12.1 Å². The Kier molecular flexibility index (Phi) is 3.00. The Bertz CT molecular complexity index is 591. The van der Waals surface area contributed by atoms with Crippen molar-refractivity contribution in [1.29, 1.82) is 0 Å². The van der Waals surface area contributed by atoms with E-state index in [2.05, 4.69) is 9.97 Å². The average Bonchev–Trinajstić information content (AvgIpc) is 2.82. The molecular formula is C13H15F2N3O. The van der Waals surface area contributed by atoms with Gasteiger partial charge in [-0.2, -0.15) is 0 Å². The number of nitrogens with one attached hydrogen (secondary N) is 1. The second kappa shape index (κ2) is 4.68. The molecule has 1 aliphatic rings. The fraction of sp³-hybridized carbons (Fsp3) is 0.462. The third-order valence-electron chi connectivity index (χ3n) is 3.45. The number of rotatable bonds is 2. The van der Waals surface area contributed by atoms with E-state index in [1.807, 2.05) is 4.90 Å². The van der Waals surface area contributed by atoms with Gasteiger partial charge in [0, 0.05) is 19.2 Å². The van der Waals surface area contributed by atoms with Crippen LogP contribution in [0.5, 0.6) is 5.75 Å². The number of alkyl halides is 1. The van der Waals surface area contributed by atoms with Crippen molar-refractivity contribution in [3.05, 3.63) is 17.9 Å². The maximum absolute atomic E-state index is 13.4. The number of hydrogen-bond donors (Lipinski definition) is 1. The van der Waals surface area contributed by atoms with Crippen LogP contribution in [-0.2, 0) is 0 Å². The first-order valence-electron chi connectivity index (χ1n) is 6.29. The molecule has 2 heterocycles. The molecule has 4 nitrogen and oxygen atoms in total. The van der Waals surface area contributed by atoms with Crippen molar-refractivity contribution in [2.45, 2.75) is 19.0 Å². The van der Waals surface area contributed by atoms with E-state index in [0.717, 1.165) is 0 Å². The lowest BCUT2D eigenvalue weighted by Crippen LogP contribution is -2.34. The topological polar surface area (TPSA) is 41.1 Å². The van der Waals surface area contributed by atoms with Gasteiger partial charge in [0.1, 0.15) is 23.3 Å². The number of H-pyrrole nitrogens is 1. The highest BCUT2D eigenvalue weighted by molar-refractivity contribution is 5.84. The number of aromatic amines is 1. The van der Waals surface area contributed by atoms with Gasteiger partial charge in [0.15, 0.2) is 0 Å². The number of hydrogen-bond acceptors (Lipinski definition) is 3. The maximum atomic E-state index is 13.4. The van der Waals surface area contributed by atoms with Crippen LogP contribution < -0.4 is 9.64 Å². The minimum Gasteiger partial charge on any atom is -0.494 e. The predicted octanol–water partition coefficient (Wildman–Crippen LogP) is 2.65. The first-order valence-corrected chi connectivity index (χ1v) is 6.29. The first-order chi connectivity index (χ1) is 9.17. The summed E-state index contributed by atoms with van der Waals surface area (Å²) in [6.45, 7) is 1.23. The molecule has 19 heavy (non-hydrogen) atoms. The molecule has 1 N–H and O–H groups in total. The lowest BCUT2D eigenvalue weighted by molar-refractivity contribution is 0.276. The number of ether oxygens (including phenoxy) is 1. The van der Waals surface area contributed by atoms with E-state index in [9.17, 15) is 8.78 Å². The number of methoxy groups -OCH3 is 1. The lowest BCUT2D eigenvalue weighted by atomic mass is 10.1. The molecule has 1 aromatic carbocycles. The molecule has 0 radical (unpaired) electrons. The van der Waals surface area contributed by atoms with Crippen LogP contribution in [0.1, 0.15) is 12.8 Å². The van der Waals surface area contributed by atoms with E-state index in [-0.39, 0.29) is 5.82 Å². The zero-order valence-corrected chi connectivity index (χ0v) is 10.6. The maximum Gasteiger partial charge on any atom is 0.203 e. The highest BCUT2D eigenvalue weighted by atomic mass is 19.1. The number of halogens is 2. The largest absolute Gasteiger partial charge is 0.494 e. The van der Waals surface area contributed by atoms with Crippen LogP contribution >= 0.6 is 0 Å². The molecule has 102 valence electrons. The molecule has 6 heteroatoms. The number of piperidine rings is 1. The van der Waals surface area contributed by atoms with Gasteiger partial charge in [-0.15, -0.1) is 0 Å². The van der Waals surface area contributed by atoms with Crippen LogP contribution in [0.25, 0.3) is 11.0 Å². The van der Waals surface area contributed by atoms with Crippen LogP contribution in [0.3, 0.4) is 0 Å². The van der Waals surface area contributed by atoms with Crippen LogP contribution in [-0.4, -0.2) is 36.3 Å². The van der Waals surface area contributed by atoms with E-state index in [1.165, 1.54) is 19.2 Å². The van der Waals surface area contributed by atoms with Gasteiger partial charge in [-0.25, -0.2) is 13.8 Å². The van der Waals surface area contributed by atoms with Crippen LogP contribution in [0.4, 0.5) is 14.7 Å². The molecule has 1 aliphatic heterocycles. The minimum atomic E-state index is -0.729. The van der Waals surface area contributed by atoms with Gasteiger partial charge in [0.25, 0.3) is 0 Å². The Labute approximate surface area is 109 Å². The smallest absolute Gasteiger partial charge is 0.203 e. The fourth-order valence-corrected chi connectivity index (χ4v) is 2.40. The quantitative estimate of drug-likeness (QED) is 0.909. The highest BCUT2D eigenvalue weighted by Gasteiger charge is 2.21. The highest BCUT2D eigenvalue weighted by Crippen LogP contribution is 2.28. The summed E-state index contributed by atoms with van der Waals surface area (Å²) in [7, 11) is 1.48. The molecule has 3 rings (SSSR count). The molecule has 2 aromatic rings. The molecule has 0 aliphatic carbocycles. The average molecular weight is 267 g/mol. The standard InChI is InChI=1S/C13H15F2N3O/c1-19-11-7-9(15)6-10-12(11)17-13(16-10)18-4-2-8(14)3-5-18/h6-8H,2-5H2,1H3,(H,16,17). The number of nitrogens with zero attached hydrogens (tertiary/aromatic N) is 2. The van der Waals surface area contributed by atoms with Crippen LogP contribution in [0, 0.1) is 5.82 Å². The SMILES string of the molecule is COc1cc(F)cc2[nH]c(N3CCC(F)CC3)nc12. The third kappa shape index (κ3) is 2.22. The molecule has 0 spiro atoms. The molecule has 1 aromatic heterocycles. The summed E-state index contributed by atoms with van der Waals surface area (Å²) in [6, 6.07) is 2.69. The Hall–Kier alpha value is -1.85. The predicted molar refractivity (Wildman–Crippen MR) is 68.9 cm³/mol. The molecule has 1 saturated heterocycles. The van der Waals surface area contributed by atoms with Gasteiger partial charge in [-0.1, -0.05) is 0 Å². The van der Waals surface area contributed by atoms with Gasteiger partial charge in [0.05, 0.1) is 12.6 Å².